The minimum absolute atomic E-state index is 0. The third-order valence-electron chi connectivity index (χ3n) is 1.28. The van der Waals surface area contributed by atoms with E-state index in [1.807, 2.05) is 11.9 Å². The van der Waals surface area contributed by atoms with E-state index in [9.17, 15) is 4.79 Å². The third kappa shape index (κ3) is 6.22. The van der Waals surface area contributed by atoms with Gasteiger partial charge in [-0.2, -0.15) is 6.41 Å². The van der Waals surface area contributed by atoms with Gasteiger partial charge in [-0.1, -0.05) is 0 Å². The van der Waals surface area contributed by atoms with Gasteiger partial charge in [-0.3, -0.25) is 4.90 Å². The van der Waals surface area contributed by atoms with Gasteiger partial charge < -0.3 is 10.1 Å². The Labute approximate surface area is 75.8 Å². The van der Waals surface area contributed by atoms with Crippen molar-refractivity contribution in [2.45, 2.75) is 19.9 Å². The minimum Gasteiger partial charge on any atom is -0.520 e. The second kappa shape index (κ2) is 7.20. The van der Waals surface area contributed by atoms with Crippen LogP contribution in [-0.2, 0) is 25.2 Å². The predicted molar refractivity (Wildman–Crippen MR) is 36.6 cm³/mol. The molecule has 0 aliphatic rings. The summed E-state index contributed by atoms with van der Waals surface area (Å²) in [6.45, 7) is 4.69. The van der Waals surface area contributed by atoms with Crippen molar-refractivity contribution in [1.29, 1.82) is 0 Å². The second-order valence-electron chi connectivity index (χ2n) is 2.29. The minimum atomic E-state index is 0. The molecular weight excluding hydrogens is 302 g/mol. The third-order valence-corrected chi connectivity index (χ3v) is 1.28. The number of hydrogen-bond donors (Lipinski definition) is 1. The van der Waals surface area contributed by atoms with Crippen molar-refractivity contribution in [3.63, 3.8) is 0 Å². The van der Waals surface area contributed by atoms with Crippen LogP contribution in [0.25, 0.3) is 0 Å². The van der Waals surface area contributed by atoms with Crippen LogP contribution in [0, 0.1) is 0 Å². The Bertz CT molecular complexity index is 87.8. The molecule has 0 unspecified atom stereocenters. The van der Waals surface area contributed by atoms with Crippen molar-refractivity contribution in [2.75, 3.05) is 13.7 Å². The van der Waals surface area contributed by atoms with Gasteiger partial charge in [-0.15, -0.1) is 0 Å². The van der Waals surface area contributed by atoms with Crippen molar-refractivity contribution in [1.82, 2.24) is 10.2 Å². The molecule has 0 fully saturated rings. The Morgan fingerprint density at radius 2 is 2.10 bits per heavy atom. The van der Waals surface area contributed by atoms with E-state index < -0.39 is 0 Å². The van der Waals surface area contributed by atoms with E-state index in [1.54, 1.807) is 6.41 Å². The molecule has 0 aromatic carbocycles. The van der Waals surface area contributed by atoms with Crippen molar-refractivity contribution in [2.24, 2.45) is 0 Å². The van der Waals surface area contributed by atoms with Gasteiger partial charge in [0.1, 0.15) is 0 Å². The summed E-state index contributed by atoms with van der Waals surface area (Å²) in [4.78, 5) is 11.7. The van der Waals surface area contributed by atoms with Crippen LogP contribution >= 0.6 is 0 Å². The Morgan fingerprint density at radius 1 is 1.60 bits per heavy atom. The summed E-state index contributed by atoms with van der Waals surface area (Å²) in [6, 6.07) is 0.464. The molecule has 61 valence electrons. The SMILES string of the molecule is CC(C)N(C)CN[C-]=O.[Re]. The van der Waals surface area contributed by atoms with Crippen molar-refractivity contribution >= 4 is 6.41 Å². The molecule has 0 spiro atoms. The maximum absolute atomic E-state index is 9.67. The van der Waals surface area contributed by atoms with E-state index in [0.29, 0.717) is 12.7 Å². The molecule has 1 radical (unpaired) electrons. The summed E-state index contributed by atoms with van der Waals surface area (Å²) in [5.41, 5.74) is 0. The monoisotopic (exact) mass is 316 g/mol. The van der Waals surface area contributed by atoms with Crippen molar-refractivity contribution < 1.29 is 25.2 Å². The fourth-order valence-corrected chi connectivity index (χ4v) is 0.340. The number of carbonyl (C=O) groups excluding carboxylic acids is 1. The molecule has 1 N–H and O–H groups in total. The summed E-state index contributed by atoms with van der Waals surface area (Å²) in [5, 5.41) is 2.45. The first kappa shape index (κ1) is 12.7. The van der Waals surface area contributed by atoms with E-state index in [-0.39, 0.29) is 20.4 Å². The Kier molecular flexibility index (Phi) is 9.18. The predicted octanol–water partition coefficient (Wildman–Crippen LogP) is -0.0616. The van der Waals surface area contributed by atoms with Crippen LogP contribution in [0.5, 0.6) is 0 Å². The second-order valence-corrected chi connectivity index (χ2v) is 2.29. The number of nitrogens with zero attached hydrogens (tertiary/aromatic N) is 1. The first-order chi connectivity index (χ1) is 4.18. The van der Waals surface area contributed by atoms with E-state index in [0.717, 1.165) is 0 Å². The smallest absolute Gasteiger partial charge is 0.0398 e. The van der Waals surface area contributed by atoms with Gasteiger partial charge in [0.15, 0.2) is 0 Å². The normalized spacial score (nSPS) is 9.30. The van der Waals surface area contributed by atoms with Gasteiger partial charge in [0, 0.05) is 33.1 Å². The zero-order chi connectivity index (χ0) is 7.28. The van der Waals surface area contributed by atoms with Gasteiger partial charge in [0.2, 0.25) is 0 Å². The van der Waals surface area contributed by atoms with Gasteiger partial charge in [0.25, 0.3) is 0 Å². The molecule has 0 bridgehead atoms. The van der Waals surface area contributed by atoms with Crippen molar-refractivity contribution in [3.8, 4) is 0 Å². The first-order valence-corrected chi connectivity index (χ1v) is 2.98. The molecule has 0 saturated carbocycles. The van der Waals surface area contributed by atoms with Gasteiger partial charge in [-0.05, 0) is 20.9 Å². The molecule has 0 atom stereocenters. The molecule has 10 heavy (non-hydrogen) atoms. The van der Waals surface area contributed by atoms with Gasteiger partial charge >= 0.3 is 0 Å². The summed E-state index contributed by atoms with van der Waals surface area (Å²) in [5.74, 6) is 0. The average molecular weight is 315 g/mol. The van der Waals surface area contributed by atoms with Crippen LogP contribution in [-0.4, -0.2) is 31.1 Å². The van der Waals surface area contributed by atoms with Crippen LogP contribution in [0.2, 0.25) is 0 Å². The Hall–Kier alpha value is 0.0923. The molecule has 0 saturated heterocycles. The molecule has 4 heteroatoms. The molecule has 0 aliphatic heterocycles. The van der Waals surface area contributed by atoms with Crippen LogP contribution < -0.4 is 5.32 Å². The first-order valence-electron chi connectivity index (χ1n) is 2.98. The topological polar surface area (TPSA) is 32.3 Å². The number of hydrogen-bond acceptors (Lipinski definition) is 2. The summed E-state index contributed by atoms with van der Waals surface area (Å²) in [7, 11) is 1.94. The molecule has 3 nitrogen and oxygen atoms in total. The molecule has 0 aromatic rings. The van der Waals surface area contributed by atoms with Gasteiger partial charge in [0.05, 0.1) is 0 Å². The molecule has 0 heterocycles. The standard InChI is InChI=1S/C6H13N2O.Re/c1-6(2)8(3)4-7-5-9;/h6H,4H2,1-3H3,(H,7,9);/q-1;. The fraction of sp³-hybridized carbons (Fsp3) is 0.833. The summed E-state index contributed by atoms with van der Waals surface area (Å²) in [6.07, 6.45) is 1.61. The van der Waals surface area contributed by atoms with Crippen LogP contribution in [0.3, 0.4) is 0 Å². The Morgan fingerprint density at radius 3 is 2.40 bits per heavy atom. The molecule has 1 amide bonds. The molecule has 0 aromatic heterocycles. The number of amides is 1. The van der Waals surface area contributed by atoms with Crippen LogP contribution in [0.15, 0.2) is 0 Å². The summed E-state index contributed by atoms with van der Waals surface area (Å²) < 4.78 is 0. The quantitative estimate of drug-likeness (QED) is 0.448. The average Bonchev–Trinajstić information content (AvgIpc) is 1.82. The zero-order valence-corrected chi connectivity index (χ0v) is 9.23. The fourth-order valence-electron chi connectivity index (χ4n) is 0.340. The largest absolute Gasteiger partial charge is 0.520 e. The van der Waals surface area contributed by atoms with Crippen LogP contribution in [0.1, 0.15) is 13.8 Å². The van der Waals surface area contributed by atoms with E-state index in [2.05, 4.69) is 19.2 Å². The van der Waals surface area contributed by atoms with E-state index in [4.69, 9.17) is 0 Å². The van der Waals surface area contributed by atoms with E-state index >= 15 is 0 Å². The molecule has 0 rings (SSSR count). The van der Waals surface area contributed by atoms with Gasteiger partial charge in [-0.25, -0.2) is 0 Å². The summed E-state index contributed by atoms with van der Waals surface area (Å²) >= 11 is 0. The van der Waals surface area contributed by atoms with Crippen molar-refractivity contribution in [3.05, 3.63) is 0 Å². The van der Waals surface area contributed by atoms with Crippen LogP contribution in [0.4, 0.5) is 0 Å². The number of nitrogens with one attached hydrogen (secondary N) is 1. The Balaban J connectivity index is 0. The van der Waals surface area contributed by atoms with E-state index in [1.165, 1.54) is 0 Å². The number of rotatable bonds is 4. The maximum Gasteiger partial charge on any atom is 0.0398 e. The zero-order valence-electron chi connectivity index (χ0n) is 6.52. The molecule has 0 aliphatic carbocycles. The molecular formula is C6H13N2ORe-. The maximum atomic E-state index is 9.67.